The van der Waals surface area contributed by atoms with E-state index in [0.29, 0.717) is 0 Å². The van der Waals surface area contributed by atoms with E-state index in [9.17, 15) is 0 Å². The first-order valence-electron chi connectivity index (χ1n) is 9.91. The Balaban J connectivity index is 1.42. The van der Waals surface area contributed by atoms with E-state index in [1.165, 1.54) is 38.6 Å². The molecule has 0 fully saturated rings. The summed E-state index contributed by atoms with van der Waals surface area (Å²) in [5.74, 6) is 1.32. The molecule has 2 aromatic heterocycles. The molecule has 0 saturated carbocycles. The van der Waals surface area contributed by atoms with Gasteiger partial charge >= 0.3 is 0 Å². The molecule has 0 saturated heterocycles. The van der Waals surface area contributed by atoms with Crippen LogP contribution in [-0.4, -0.2) is 0 Å². The summed E-state index contributed by atoms with van der Waals surface area (Å²) in [5.41, 5.74) is 6.26. The van der Waals surface area contributed by atoms with Crippen LogP contribution in [0, 0.1) is 5.92 Å². The number of hydrogen-bond donors (Lipinski definition) is 0. The second-order valence-electron chi connectivity index (χ2n) is 7.66. The molecule has 0 aliphatic carbocycles. The third-order valence-corrected chi connectivity index (χ3v) is 5.77. The molecular formula is C27H19O2. The van der Waals surface area contributed by atoms with E-state index in [-0.39, 0.29) is 0 Å². The number of rotatable bonds is 3. The molecule has 0 N–H and O–H groups in total. The van der Waals surface area contributed by atoms with Gasteiger partial charge in [0.1, 0.15) is 22.3 Å². The predicted molar refractivity (Wildman–Crippen MR) is 119 cm³/mol. The van der Waals surface area contributed by atoms with Crippen molar-refractivity contribution >= 4 is 43.9 Å². The maximum Gasteiger partial charge on any atom is 0.135 e. The number of benzene rings is 4. The van der Waals surface area contributed by atoms with Crippen LogP contribution in [0.25, 0.3) is 43.9 Å². The Morgan fingerprint density at radius 2 is 1.28 bits per heavy atom. The fraction of sp³-hybridized carbons (Fsp3) is 0.0741. The molecular weight excluding hydrogens is 356 g/mol. The minimum atomic E-state index is 0.867. The Morgan fingerprint density at radius 3 is 2.14 bits per heavy atom. The third kappa shape index (κ3) is 2.56. The van der Waals surface area contributed by atoms with Crippen molar-refractivity contribution < 1.29 is 8.83 Å². The number of hydrogen-bond acceptors (Lipinski definition) is 2. The van der Waals surface area contributed by atoms with Crippen LogP contribution >= 0.6 is 0 Å². The average Bonchev–Trinajstić information content (AvgIpc) is 3.31. The summed E-state index contributed by atoms with van der Waals surface area (Å²) in [6.07, 6.45) is 0.867. The highest BCUT2D eigenvalue weighted by Gasteiger charge is 2.17. The van der Waals surface area contributed by atoms with E-state index in [4.69, 9.17) is 8.83 Å². The van der Waals surface area contributed by atoms with Crippen molar-refractivity contribution in [2.75, 3.05) is 0 Å². The first-order valence-corrected chi connectivity index (χ1v) is 9.91. The maximum absolute atomic E-state index is 6.07. The Kier molecular flexibility index (Phi) is 3.54. The fourth-order valence-electron chi connectivity index (χ4n) is 4.41. The molecule has 0 aliphatic rings. The normalized spacial score (nSPS) is 12.1. The Bertz CT molecular complexity index is 1500. The molecule has 4 aromatic carbocycles. The zero-order valence-electron chi connectivity index (χ0n) is 16.1. The Hall–Kier alpha value is -3.52. The van der Waals surface area contributed by atoms with Crippen LogP contribution in [0.4, 0.5) is 0 Å². The van der Waals surface area contributed by atoms with Crippen molar-refractivity contribution in [2.24, 2.45) is 0 Å². The fourth-order valence-corrected chi connectivity index (χ4v) is 4.41. The lowest BCUT2D eigenvalue weighted by atomic mass is 9.90. The number of fused-ring (bicyclic) bond motifs is 6. The SMILES string of the molecule is C[C](Cc1ccc2c(c1)oc1ccccc12)c1cccc2oc3ccccc3c12. The second-order valence-corrected chi connectivity index (χ2v) is 7.66. The van der Waals surface area contributed by atoms with E-state index >= 15 is 0 Å². The molecule has 0 unspecified atom stereocenters. The van der Waals surface area contributed by atoms with Crippen LogP contribution in [0.5, 0.6) is 0 Å². The summed E-state index contributed by atoms with van der Waals surface area (Å²) in [4.78, 5) is 0. The lowest BCUT2D eigenvalue weighted by Gasteiger charge is -2.13. The molecule has 29 heavy (non-hydrogen) atoms. The summed E-state index contributed by atoms with van der Waals surface area (Å²) in [5, 5.41) is 4.71. The molecule has 2 nitrogen and oxygen atoms in total. The molecule has 0 atom stereocenters. The summed E-state index contributed by atoms with van der Waals surface area (Å²) in [6, 6.07) is 29.3. The monoisotopic (exact) mass is 375 g/mol. The van der Waals surface area contributed by atoms with Crippen molar-refractivity contribution in [3.05, 3.63) is 102 Å². The summed E-state index contributed by atoms with van der Waals surface area (Å²) < 4.78 is 12.1. The number of furan rings is 2. The van der Waals surface area contributed by atoms with E-state index in [1.807, 2.05) is 30.3 Å². The lowest BCUT2D eigenvalue weighted by Crippen LogP contribution is -2.00. The van der Waals surface area contributed by atoms with Gasteiger partial charge in [0.2, 0.25) is 0 Å². The summed E-state index contributed by atoms with van der Waals surface area (Å²) in [6.45, 7) is 2.21. The summed E-state index contributed by atoms with van der Waals surface area (Å²) in [7, 11) is 0. The molecule has 6 rings (SSSR count). The largest absolute Gasteiger partial charge is 0.456 e. The van der Waals surface area contributed by atoms with Gasteiger partial charge in [0, 0.05) is 27.5 Å². The van der Waals surface area contributed by atoms with Gasteiger partial charge in [-0.15, -0.1) is 0 Å². The van der Waals surface area contributed by atoms with E-state index in [0.717, 1.165) is 28.8 Å². The average molecular weight is 375 g/mol. The van der Waals surface area contributed by atoms with Gasteiger partial charge in [0.05, 0.1) is 0 Å². The molecule has 139 valence electrons. The highest BCUT2D eigenvalue weighted by molar-refractivity contribution is 6.07. The Labute approximate surface area is 168 Å². The van der Waals surface area contributed by atoms with E-state index in [1.54, 1.807) is 0 Å². The molecule has 2 heterocycles. The molecule has 1 radical (unpaired) electrons. The van der Waals surface area contributed by atoms with Gasteiger partial charge < -0.3 is 8.83 Å². The minimum Gasteiger partial charge on any atom is -0.456 e. The van der Waals surface area contributed by atoms with Gasteiger partial charge in [-0.1, -0.05) is 67.6 Å². The van der Waals surface area contributed by atoms with Crippen molar-refractivity contribution in [1.82, 2.24) is 0 Å². The van der Waals surface area contributed by atoms with Crippen LogP contribution in [0.3, 0.4) is 0 Å². The molecule has 0 aliphatic heterocycles. The van der Waals surface area contributed by atoms with E-state index in [2.05, 4.69) is 61.5 Å². The highest BCUT2D eigenvalue weighted by atomic mass is 16.3. The van der Waals surface area contributed by atoms with Gasteiger partial charge in [-0.2, -0.15) is 0 Å². The standard InChI is InChI=1S/C27H19O2/c1-17(19-9-6-12-25-27(19)22-8-3-5-11-24(22)28-25)15-18-13-14-21-20-7-2-4-10-23(20)29-26(21)16-18/h2-14,16H,15H2,1H3. The zero-order valence-corrected chi connectivity index (χ0v) is 16.1. The molecule has 2 heteroatoms. The minimum absolute atomic E-state index is 0.867. The van der Waals surface area contributed by atoms with Crippen molar-refractivity contribution in [3.8, 4) is 0 Å². The zero-order chi connectivity index (χ0) is 19.4. The molecule has 0 amide bonds. The number of para-hydroxylation sites is 2. The smallest absolute Gasteiger partial charge is 0.135 e. The van der Waals surface area contributed by atoms with Gasteiger partial charge in [-0.05, 0) is 41.8 Å². The molecule has 6 aromatic rings. The van der Waals surface area contributed by atoms with Gasteiger partial charge in [-0.3, -0.25) is 0 Å². The topological polar surface area (TPSA) is 26.3 Å². The van der Waals surface area contributed by atoms with Crippen molar-refractivity contribution in [2.45, 2.75) is 13.3 Å². The van der Waals surface area contributed by atoms with Gasteiger partial charge in [-0.25, -0.2) is 0 Å². The van der Waals surface area contributed by atoms with Crippen LogP contribution in [0.15, 0.2) is 93.8 Å². The van der Waals surface area contributed by atoms with Crippen LogP contribution in [-0.2, 0) is 6.42 Å². The van der Waals surface area contributed by atoms with Crippen molar-refractivity contribution in [3.63, 3.8) is 0 Å². The first-order chi connectivity index (χ1) is 14.3. The second kappa shape index (κ2) is 6.25. The molecule has 0 spiro atoms. The third-order valence-electron chi connectivity index (χ3n) is 5.77. The van der Waals surface area contributed by atoms with Crippen LogP contribution in [0.2, 0.25) is 0 Å². The molecule has 0 bridgehead atoms. The lowest BCUT2D eigenvalue weighted by molar-refractivity contribution is 0.667. The van der Waals surface area contributed by atoms with Crippen molar-refractivity contribution in [1.29, 1.82) is 0 Å². The predicted octanol–water partition coefficient (Wildman–Crippen LogP) is 7.67. The maximum atomic E-state index is 6.07. The quantitative estimate of drug-likeness (QED) is 0.317. The van der Waals surface area contributed by atoms with Gasteiger partial charge in [0.25, 0.3) is 0 Å². The van der Waals surface area contributed by atoms with Crippen LogP contribution < -0.4 is 0 Å². The van der Waals surface area contributed by atoms with Crippen LogP contribution in [0.1, 0.15) is 18.1 Å². The Morgan fingerprint density at radius 1 is 0.621 bits per heavy atom. The van der Waals surface area contributed by atoms with Gasteiger partial charge in [0.15, 0.2) is 0 Å². The van der Waals surface area contributed by atoms with E-state index < -0.39 is 0 Å². The highest BCUT2D eigenvalue weighted by Crippen LogP contribution is 2.36. The summed E-state index contributed by atoms with van der Waals surface area (Å²) >= 11 is 0. The first kappa shape index (κ1) is 16.4.